The van der Waals surface area contributed by atoms with Crippen LogP contribution in [0.15, 0.2) is 64.7 Å². The van der Waals surface area contributed by atoms with Crippen LogP contribution in [0.25, 0.3) is 5.69 Å². The normalized spacial score (nSPS) is 15.7. The molecular formula is C27H27Cl2F2N3O3. The maximum atomic E-state index is 14.9. The van der Waals surface area contributed by atoms with Crippen molar-refractivity contribution in [3.63, 3.8) is 0 Å². The molecule has 1 fully saturated rings. The summed E-state index contributed by atoms with van der Waals surface area (Å²) in [5.74, 6) is -1.55. The van der Waals surface area contributed by atoms with Gasteiger partial charge in [0.25, 0.3) is 5.56 Å². The van der Waals surface area contributed by atoms with Gasteiger partial charge in [0.2, 0.25) is 0 Å². The van der Waals surface area contributed by atoms with Crippen LogP contribution >= 0.6 is 23.2 Å². The quantitative estimate of drug-likeness (QED) is 0.315. The van der Waals surface area contributed by atoms with Gasteiger partial charge in [-0.2, -0.15) is 0 Å². The van der Waals surface area contributed by atoms with Crippen molar-refractivity contribution < 1.29 is 18.7 Å². The molecule has 0 aliphatic carbocycles. The standard InChI is InChI=1S/C27H27Cl2F2N3O3/c1-27(2,36)16-33-12-10-19(11-13-33)37-32-25(20-8-7-18(30)14-23(20)31)17-6-9-24(35)34(15-17)26-21(28)4-3-5-22(26)29/h3-9,14-15,19,36H,10-13,16H2,1-2H3. The summed E-state index contributed by atoms with van der Waals surface area (Å²) in [5.41, 5.74) is -0.480. The van der Waals surface area contributed by atoms with Crippen LogP contribution in [0.5, 0.6) is 0 Å². The Morgan fingerprint density at radius 2 is 1.78 bits per heavy atom. The van der Waals surface area contributed by atoms with E-state index >= 15 is 0 Å². The molecular weight excluding hydrogens is 523 g/mol. The number of para-hydroxylation sites is 1. The summed E-state index contributed by atoms with van der Waals surface area (Å²) in [5, 5.41) is 14.9. The minimum Gasteiger partial charge on any atom is -0.392 e. The van der Waals surface area contributed by atoms with Gasteiger partial charge in [-0.1, -0.05) is 34.4 Å². The van der Waals surface area contributed by atoms with Crippen molar-refractivity contribution in [2.24, 2.45) is 5.16 Å². The van der Waals surface area contributed by atoms with Gasteiger partial charge in [0.15, 0.2) is 0 Å². The van der Waals surface area contributed by atoms with Crippen molar-refractivity contribution in [2.45, 2.75) is 38.4 Å². The smallest absolute Gasteiger partial charge is 0.255 e. The van der Waals surface area contributed by atoms with Crippen LogP contribution in [0.3, 0.4) is 0 Å². The lowest BCUT2D eigenvalue weighted by atomic mass is 10.0. The molecule has 37 heavy (non-hydrogen) atoms. The molecule has 3 aromatic rings. The number of oxime groups is 1. The van der Waals surface area contributed by atoms with Gasteiger partial charge < -0.3 is 14.8 Å². The summed E-state index contributed by atoms with van der Waals surface area (Å²) in [6.07, 6.45) is 2.54. The molecule has 10 heteroatoms. The second kappa shape index (κ2) is 11.3. The number of β-amino-alcohol motifs (C(OH)–C–C–N with tert-alkyl or cyclic N) is 1. The van der Waals surface area contributed by atoms with Crippen LogP contribution in [-0.4, -0.2) is 51.6 Å². The highest BCUT2D eigenvalue weighted by Crippen LogP contribution is 2.28. The zero-order valence-electron chi connectivity index (χ0n) is 20.4. The first-order chi connectivity index (χ1) is 17.5. The van der Waals surface area contributed by atoms with Crippen molar-refractivity contribution in [1.82, 2.24) is 9.47 Å². The topological polar surface area (TPSA) is 67.1 Å². The molecule has 196 valence electrons. The Morgan fingerprint density at radius 1 is 1.11 bits per heavy atom. The second-order valence-electron chi connectivity index (χ2n) is 9.65. The number of benzene rings is 2. The summed E-state index contributed by atoms with van der Waals surface area (Å²) in [7, 11) is 0. The lowest BCUT2D eigenvalue weighted by Gasteiger charge is -2.34. The van der Waals surface area contributed by atoms with Crippen LogP contribution in [-0.2, 0) is 4.84 Å². The predicted molar refractivity (Wildman–Crippen MR) is 141 cm³/mol. The monoisotopic (exact) mass is 549 g/mol. The largest absolute Gasteiger partial charge is 0.392 e. The Bertz CT molecular complexity index is 1340. The van der Waals surface area contributed by atoms with E-state index in [0.717, 1.165) is 12.1 Å². The number of rotatable bonds is 7. The molecule has 2 aromatic carbocycles. The molecule has 0 spiro atoms. The molecule has 1 aromatic heterocycles. The van der Waals surface area contributed by atoms with Crippen LogP contribution in [0.1, 0.15) is 37.8 Å². The summed E-state index contributed by atoms with van der Waals surface area (Å²) in [6, 6.07) is 10.8. The minimum absolute atomic E-state index is 0.0105. The average Bonchev–Trinajstić information content (AvgIpc) is 2.82. The molecule has 1 aliphatic heterocycles. The van der Waals surface area contributed by atoms with E-state index in [-0.39, 0.29) is 33.1 Å². The molecule has 1 saturated heterocycles. The molecule has 1 N–H and O–H groups in total. The Kier molecular flexibility index (Phi) is 8.33. The zero-order chi connectivity index (χ0) is 26.7. The number of pyridine rings is 1. The molecule has 0 saturated carbocycles. The second-order valence-corrected chi connectivity index (χ2v) is 10.5. The Morgan fingerprint density at radius 3 is 2.41 bits per heavy atom. The fourth-order valence-electron chi connectivity index (χ4n) is 4.31. The molecule has 2 heterocycles. The maximum absolute atomic E-state index is 14.9. The van der Waals surface area contributed by atoms with Crippen LogP contribution < -0.4 is 5.56 Å². The van der Waals surface area contributed by atoms with E-state index < -0.39 is 22.8 Å². The van der Waals surface area contributed by atoms with Crippen molar-refractivity contribution >= 4 is 28.9 Å². The first-order valence-electron chi connectivity index (χ1n) is 11.8. The van der Waals surface area contributed by atoms with Gasteiger partial charge in [-0.25, -0.2) is 8.78 Å². The van der Waals surface area contributed by atoms with Gasteiger partial charge in [-0.3, -0.25) is 9.36 Å². The SMILES string of the molecule is CC(C)(O)CN1CCC(ON=C(c2ccc(=O)n(-c3c(Cl)cccc3Cl)c2)c2ccc(F)cc2F)CC1. The van der Waals surface area contributed by atoms with Gasteiger partial charge >= 0.3 is 0 Å². The number of aliphatic hydroxyl groups is 1. The third-order valence-corrected chi connectivity index (χ3v) is 6.60. The fourth-order valence-corrected chi connectivity index (χ4v) is 4.89. The number of nitrogens with zero attached hydrogens (tertiary/aromatic N) is 3. The molecule has 0 amide bonds. The minimum atomic E-state index is -0.823. The highest BCUT2D eigenvalue weighted by molar-refractivity contribution is 6.37. The lowest BCUT2D eigenvalue weighted by molar-refractivity contribution is -0.0164. The number of hydrogen-bond donors (Lipinski definition) is 1. The Labute approximate surface area is 223 Å². The van der Waals surface area contributed by atoms with Crippen molar-refractivity contribution in [1.29, 1.82) is 0 Å². The Hall–Kier alpha value is -2.78. The Balaban J connectivity index is 1.69. The van der Waals surface area contributed by atoms with Gasteiger partial charge in [-0.15, -0.1) is 0 Å². The number of likely N-dealkylation sites (tertiary alicyclic amines) is 1. The molecule has 0 unspecified atom stereocenters. The number of hydrogen-bond acceptors (Lipinski definition) is 5. The first kappa shape index (κ1) is 27.3. The maximum Gasteiger partial charge on any atom is 0.255 e. The number of aromatic nitrogens is 1. The average molecular weight is 550 g/mol. The van der Waals surface area contributed by atoms with Crippen LogP contribution in [0.2, 0.25) is 10.0 Å². The third-order valence-electron chi connectivity index (χ3n) is 5.99. The molecule has 0 radical (unpaired) electrons. The fraction of sp³-hybridized carbons (Fsp3) is 0.333. The van der Waals surface area contributed by atoms with E-state index in [1.165, 1.54) is 29.0 Å². The van der Waals surface area contributed by atoms with E-state index in [1.54, 1.807) is 32.0 Å². The van der Waals surface area contributed by atoms with E-state index in [1.807, 2.05) is 0 Å². The van der Waals surface area contributed by atoms with Gasteiger partial charge in [0.1, 0.15) is 23.5 Å². The number of piperidine rings is 1. The summed E-state index contributed by atoms with van der Waals surface area (Å²) in [4.78, 5) is 20.7. The highest BCUT2D eigenvalue weighted by Gasteiger charge is 2.25. The summed E-state index contributed by atoms with van der Waals surface area (Å²) >= 11 is 12.6. The lowest BCUT2D eigenvalue weighted by Crippen LogP contribution is -2.44. The van der Waals surface area contributed by atoms with Gasteiger partial charge in [-0.05, 0) is 57.0 Å². The van der Waals surface area contributed by atoms with E-state index in [2.05, 4.69) is 10.1 Å². The number of halogens is 4. The van der Waals surface area contributed by atoms with Crippen molar-refractivity contribution in [2.75, 3.05) is 19.6 Å². The highest BCUT2D eigenvalue weighted by atomic mass is 35.5. The molecule has 1 aliphatic rings. The first-order valence-corrected chi connectivity index (χ1v) is 12.6. The van der Waals surface area contributed by atoms with Crippen LogP contribution in [0.4, 0.5) is 8.78 Å². The molecule has 0 bridgehead atoms. The third kappa shape index (κ3) is 6.76. The zero-order valence-corrected chi connectivity index (χ0v) is 21.9. The van der Waals surface area contributed by atoms with E-state index in [4.69, 9.17) is 28.0 Å². The van der Waals surface area contributed by atoms with E-state index in [0.29, 0.717) is 38.0 Å². The molecule has 4 rings (SSSR count). The van der Waals surface area contributed by atoms with Gasteiger partial charge in [0.05, 0.1) is 21.3 Å². The molecule has 6 nitrogen and oxygen atoms in total. The van der Waals surface area contributed by atoms with Crippen LogP contribution in [0, 0.1) is 11.6 Å². The summed E-state index contributed by atoms with van der Waals surface area (Å²) in [6.45, 7) is 5.49. The predicted octanol–water partition coefficient (Wildman–Crippen LogP) is 5.43. The van der Waals surface area contributed by atoms with Crippen molar-refractivity contribution in [3.8, 4) is 5.69 Å². The van der Waals surface area contributed by atoms with Crippen molar-refractivity contribution in [3.05, 3.63) is 97.9 Å². The summed E-state index contributed by atoms with van der Waals surface area (Å²) < 4.78 is 29.8. The molecule has 0 atom stereocenters. The van der Waals surface area contributed by atoms with E-state index in [9.17, 15) is 18.7 Å². The van der Waals surface area contributed by atoms with Gasteiger partial charge in [0, 0.05) is 49.1 Å².